The smallest absolute Gasteiger partial charge is 0.341 e. The highest BCUT2D eigenvalue weighted by Crippen LogP contribution is 2.11. The second-order valence-corrected chi connectivity index (χ2v) is 3.39. The first-order chi connectivity index (χ1) is 6.70. The second kappa shape index (κ2) is 5.05. The molecule has 1 heterocycles. The Kier molecular flexibility index (Phi) is 4.00. The molecule has 1 aromatic heterocycles. The van der Waals surface area contributed by atoms with Crippen LogP contribution in [0.3, 0.4) is 0 Å². The summed E-state index contributed by atoms with van der Waals surface area (Å²) in [5.41, 5.74) is 1.46. The van der Waals surface area contributed by atoms with E-state index in [9.17, 15) is 4.79 Å². The van der Waals surface area contributed by atoms with Gasteiger partial charge in [-0.25, -0.2) is 4.79 Å². The van der Waals surface area contributed by atoms with Crippen LogP contribution in [-0.2, 0) is 18.2 Å². The van der Waals surface area contributed by atoms with E-state index in [1.54, 1.807) is 10.9 Å². The number of methoxy groups -OCH3 is 1. The van der Waals surface area contributed by atoms with Gasteiger partial charge in [0.1, 0.15) is 5.56 Å². The molecule has 0 spiro atoms. The first-order valence-corrected chi connectivity index (χ1v) is 5.04. The van der Waals surface area contributed by atoms with Crippen LogP contribution in [-0.4, -0.2) is 28.6 Å². The minimum atomic E-state index is -0.327. The highest BCUT2D eigenvalue weighted by atomic mass is 32.1. The molecule has 5 heteroatoms. The summed E-state index contributed by atoms with van der Waals surface area (Å²) in [6.45, 7) is 0. The SMILES string of the molecule is COC(=O)c1cnn(C)c1CCCS. The number of ether oxygens (including phenoxy) is 1. The first-order valence-electron chi connectivity index (χ1n) is 4.40. The number of thiol groups is 1. The lowest BCUT2D eigenvalue weighted by atomic mass is 10.1. The second-order valence-electron chi connectivity index (χ2n) is 2.95. The Morgan fingerprint density at radius 2 is 2.43 bits per heavy atom. The van der Waals surface area contributed by atoms with E-state index in [1.807, 2.05) is 7.05 Å². The van der Waals surface area contributed by atoms with E-state index in [2.05, 4.69) is 22.5 Å². The van der Waals surface area contributed by atoms with Gasteiger partial charge >= 0.3 is 5.97 Å². The predicted octanol–water partition coefficient (Wildman–Crippen LogP) is 1.07. The van der Waals surface area contributed by atoms with Crippen molar-refractivity contribution >= 4 is 18.6 Å². The fourth-order valence-corrected chi connectivity index (χ4v) is 1.44. The molecule has 0 amide bonds. The predicted molar refractivity (Wildman–Crippen MR) is 56.7 cm³/mol. The van der Waals surface area contributed by atoms with Gasteiger partial charge in [0.15, 0.2) is 0 Å². The summed E-state index contributed by atoms with van der Waals surface area (Å²) >= 11 is 4.13. The topological polar surface area (TPSA) is 44.1 Å². The van der Waals surface area contributed by atoms with Gasteiger partial charge in [-0.05, 0) is 18.6 Å². The summed E-state index contributed by atoms with van der Waals surface area (Å²) in [5, 5.41) is 4.03. The summed E-state index contributed by atoms with van der Waals surface area (Å²) in [7, 11) is 3.19. The monoisotopic (exact) mass is 214 g/mol. The van der Waals surface area contributed by atoms with Crippen molar-refractivity contribution in [2.45, 2.75) is 12.8 Å². The molecule has 0 unspecified atom stereocenters. The Bertz CT molecular complexity index is 323. The molecule has 0 aromatic carbocycles. The van der Waals surface area contributed by atoms with Crippen LogP contribution < -0.4 is 0 Å². The molecule has 0 saturated heterocycles. The zero-order valence-electron chi connectivity index (χ0n) is 8.36. The summed E-state index contributed by atoms with van der Waals surface area (Å²) < 4.78 is 6.36. The van der Waals surface area contributed by atoms with E-state index in [0.717, 1.165) is 24.3 Å². The number of hydrogen-bond acceptors (Lipinski definition) is 4. The van der Waals surface area contributed by atoms with Crippen LogP contribution in [0.1, 0.15) is 22.5 Å². The third-order valence-electron chi connectivity index (χ3n) is 2.04. The number of aromatic nitrogens is 2. The molecule has 14 heavy (non-hydrogen) atoms. The normalized spacial score (nSPS) is 10.2. The Hall–Kier alpha value is -0.970. The van der Waals surface area contributed by atoms with Crippen molar-refractivity contribution in [2.75, 3.05) is 12.9 Å². The standard InChI is InChI=1S/C9H14N2O2S/c1-11-8(4-3-5-14)7(6-10-11)9(12)13-2/h6,14H,3-5H2,1-2H3. The number of carbonyl (C=O) groups is 1. The number of aryl methyl sites for hydroxylation is 1. The molecule has 78 valence electrons. The number of rotatable bonds is 4. The molecule has 0 aliphatic carbocycles. The third-order valence-corrected chi connectivity index (χ3v) is 2.35. The van der Waals surface area contributed by atoms with Crippen molar-refractivity contribution in [3.05, 3.63) is 17.5 Å². The van der Waals surface area contributed by atoms with E-state index in [4.69, 9.17) is 0 Å². The van der Waals surface area contributed by atoms with Gasteiger partial charge in [-0.15, -0.1) is 0 Å². The number of carbonyl (C=O) groups excluding carboxylic acids is 1. The van der Waals surface area contributed by atoms with Crippen molar-refractivity contribution in [1.29, 1.82) is 0 Å². The summed E-state index contributed by atoms with van der Waals surface area (Å²) in [6.07, 6.45) is 3.26. The number of esters is 1. The molecule has 0 aliphatic rings. The summed E-state index contributed by atoms with van der Waals surface area (Å²) in [6, 6.07) is 0. The Morgan fingerprint density at radius 1 is 1.71 bits per heavy atom. The van der Waals surface area contributed by atoms with Crippen LogP contribution in [0.25, 0.3) is 0 Å². The highest BCUT2D eigenvalue weighted by molar-refractivity contribution is 7.80. The summed E-state index contributed by atoms with van der Waals surface area (Å²) in [4.78, 5) is 11.3. The lowest BCUT2D eigenvalue weighted by Gasteiger charge is -2.03. The minimum absolute atomic E-state index is 0.327. The van der Waals surface area contributed by atoms with E-state index < -0.39 is 0 Å². The third kappa shape index (κ3) is 2.29. The van der Waals surface area contributed by atoms with Crippen LogP contribution in [0, 0.1) is 0 Å². The van der Waals surface area contributed by atoms with Gasteiger partial charge in [-0.2, -0.15) is 17.7 Å². The molecule has 0 bridgehead atoms. The quantitative estimate of drug-likeness (QED) is 0.602. The van der Waals surface area contributed by atoms with Gasteiger partial charge in [0.2, 0.25) is 0 Å². The molecule has 1 aromatic rings. The first kappa shape index (κ1) is 11.1. The maximum atomic E-state index is 11.3. The van der Waals surface area contributed by atoms with Gasteiger partial charge in [-0.1, -0.05) is 0 Å². The summed E-state index contributed by atoms with van der Waals surface area (Å²) in [5.74, 6) is 0.471. The largest absolute Gasteiger partial charge is 0.465 e. The average molecular weight is 214 g/mol. The highest BCUT2D eigenvalue weighted by Gasteiger charge is 2.15. The Balaban J connectivity index is 2.88. The molecule has 4 nitrogen and oxygen atoms in total. The molecule has 0 N–H and O–H groups in total. The van der Waals surface area contributed by atoms with Crippen LogP contribution in [0.2, 0.25) is 0 Å². The van der Waals surface area contributed by atoms with E-state index >= 15 is 0 Å². The molecule has 0 fully saturated rings. The maximum absolute atomic E-state index is 11.3. The molecular formula is C9H14N2O2S. The molecule has 0 radical (unpaired) electrons. The molecular weight excluding hydrogens is 200 g/mol. The van der Waals surface area contributed by atoms with Gasteiger partial charge in [-0.3, -0.25) is 4.68 Å². The van der Waals surface area contributed by atoms with Crippen LogP contribution in [0.15, 0.2) is 6.20 Å². The van der Waals surface area contributed by atoms with Crippen molar-refractivity contribution in [2.24, 2.45) is 7.05 Å². The van der Waals surface area contributed by atoms with Gasteiger partial charge in [0.25, 0.3) is 0 Å². The van der Waals surface area contributed by atoms with Crippen molar-refractivity contribution in [3.8, 4) is 0 Å². The van der Waals surface area contributed by atoms with E-state index in [-0.39, 0.29) is 5.97 Å². The van der Waals surface area contributed by atoms with Gasteiger partial charge in [0.05, 0.1) is 19.0 Å². The Labute approximate surface area is 88.7 Å². The van der Waals surface area contributed by atoms with Gasteiger partial charge in [0, 0.05) is 7.05 Å². The fourth-order valence-electron chi connectivity index (χ4n) is 1.29. The van der Waals surface area contributed by atoms with Crippen molar-refractivity contribution in [1.82, 2.24) is 9.78 Å². The Morgan fingerprint density at radius 3 is 3.00 bits per heavy atom. The molecule has 1 rings (SSSR count). The minimum Gasteiger partial charge on any atom is -0.465 e. The number of hydrogen-bond donors (Lipinski definition) is 1. The lowest BCUT2D eigenvalue weighted by Crippen LogP contribution is -2.07. The molecule has 0 aliphatic heterocycles. The maximum Gasteiger partial charge on any atom is 0.341 e. The van der Waals surface area contributed by atoms with Crippen LogP contribution in [0.5, 0.6) is 0 Å². The zero-order valence-corrected chi connectivity index (χ0v) is 9.25. The molecule has 0 atom stereocenters. The average Bonchev–Trinajstić information content (AvgIpc) is 2.56. The molecule has 0 saturated carbocycles. The van der Waals surface area contributed by atoms with Gasteiger partial charge < -0.3 is 4.74 Å². The van der Waals surface area contributed by atoms with Crippen LogP contribution >= 0.6 is 12.6 Å². The van der Waals surface area contributed by atoms with Crippen LogP contribution in [0.4, 0.5) is 0 Å². The number of nitrogens with zero attached hydrogens (tertiary/aromatic N) is 2. The lowest BCUT2D eigenvalue weighted by molar-refractivity contribution is 0.0599. The van der Waals surface area contributed by atoms with E-state index in [0.29, 0.717) is 5.56 Å². The fraction of sp³-hybridized carbons (Fsp3) is 0.556. The van der Waals surface area contributed by atoms with Crippen molar-refractivity contribution in [3.63, 3.8) is 0 Å². The van der Waals surface area contributed by atoms with Crippen molar-refractivity contribution < 1.29 is 9.53 Å². The van der Waals surface area contributed by atoms with E-state index in [1.165, 1.54) is 7.11 Å². The zero-order chi connectivity index (χ0) is 10.6.